The molecule has 0 unspecified atom stereocenters. The van der Waals surface area contributed by atoms with Gasteiger partial charge in [-0.1, -0.05) is 0 Å². The molecule has 0 fully saturated rings. The van der Waals surface area contributed by atoms with Crippen molar-refractivity contribution >= 4 is 5.69 Å². The molecule has 0 aliphatic rings. The first-order valence-electron chi connectivity index (χ1n) is 3.13. The van der Waals surface area contributed by atoms with Crippen LogP contribution in [0.25, 0.3) is 0 Å². The smallest absolute Gasteiger partial charge is 0.215 e. The lowest BCUT2D eigenvalue weighted by atomic mass is 10.4. The minimum atomic E-state index is -0.644. The molecule has 1 rings (SSSR count). The highest BCUT2D eigenvalue weighted by atomic mass is 16.7. The minimum Gasteiger partial charge on any atom is -0.481 e. The van der Waals surface area contributed by atoms with Crippen molar-refractivity contribution in [3.05, 3.63) is 28.4 Å². The maximum absolute atomic E-state index is 10.0. The minimum absolute atomic E-state index is 0.335. The second-order valence-electron chi connectivity index (χ2n) is 1.96. The quantitative estimate of drug-likeness (QED) is 0.532. The topological polar surface area (TPSA) is 77.3 Å². The van der Waals surface area contributed by atoms with Gasteiger partial charge in [-0.15, -0.1) is 5.43 Å². The predicted molar refractivity (Wildman–Crippen MR) is 41.4 cm³/mol. The number of rotatable bonds is 3. The molecule has 0 atom stereocenters. The summed E-state index contributed by atoms with van der Waals surface area (Å²) >= 11 is 0. The third-order valence-electron chi connectivity index (χ3n) is 1.16. The van der Waals surface area contributed by atoms with Crippen molar-refractivity contribution in [2.24, 2.45) is 0 Å². The Bertz CT molecular complexity index is 289. The van der Waals surface area contributed by atoms with Crippen molar-refractivity contribution in [3.63, 3.8) is 0 Å². The fourth-order valence-electron chi connectivity index (χ4n) is 0.696. The summed E-state index contributed by atoms with van der Waals surface area (Å²) in [6.45, 7) is 0. The lowest BCUT2D eigenvalue weighted by Crippen LogP contribution is -2.07. The normalized spacial score (nSPS) is 9.08. The largest absolute Gasteiger partial charge is 0.481 e. The van der Waals surface area contributed by atoms with Crippen LogP contribution in [0.5, 0.6) is 5.88 Å². The zero-order chi connectivity index (χ0) is 8.97. The van der Waals surface area contributed by atoms with Crippen molar-refractivity contribution in [3.8, 4) is 5.88 Å². The molecule has 0 saturated carbocycles. The third kappa shape index (κ3) is 2.08. The van der Waals surface area contributed by atoms with Crippen LogP contribution in [0.3, 0.4) is 0 Å². The summed E-state index contributed by atoms with van der Waals surface area (Å²) < 4.78 is 4.76. The average Bonchev–Trinajstić information content (AvgIpc) is 2.03. The Morgan fingerprint density at radius 2 is 2.50 bits per heavy atom. The molecule has 64 valence electrons. The van der Waals surface area contributed by atoms with Gasteiger partial charge in [0.2, 0.25) is 5.88 Å². The molecule has 0 bridgehead atoms. The van der Waals surface area contributed by atoms with Gasteiger partial charge >= 0.3 is 0 Å². The van der Waals surface area contributed by atoms with Crippen LogP contribution >= 0.6 is 0 Å². The highest BCUT2D eigenvalue weighted by Gasteiger charge is 2.00. The first-order chi connectivity index (χ1) is 5.72. The highest BCUT2D eigenvalue weighted by molar-refractivity contribution is 5.42. The summed E-state index contributed by atoms with van der Waals surface area (Å²) in [5, 5.41) is 9.36. The summed E-state index contributed by atoms with van der Waals surface area (Å²) in [6, 6.07) is 2.91. The molecule has 6 nitrogen and oxygen atoms in total. The summed E-state index contributed by atoms with van der Waals surface area (Å²) in [4.78, 5) is 13.8. The van der Waals surface area contributed by atoms with E-state index in [2.05, 4.69) is 4.98 Å². The van der Waals surface area contributed by atoms with E-state index in [0.29, 0.717) is 11.6 Å². The number of pyridine rings is 1. The summed E-state index contributed by atoms with van der Waals surface area (Å²) in [5.41, 5.74) is 2.32. The van der Waals surface area contributed by atoms with Gasteiger partial charge in [-0.3, -0.25) is 0 Å². The molecule has 1 aromatic heterocycles. The van der Waals surface area contributed by atoms with Gasteiger partial charge in [0.15, 0.2) is 5.03 Å². The van der Waals surface area contributed by atoms with Crippen LogP contribution < -0.4 is 10.2 Å². The molecule has 1 aromatic rings. The van der Waals surface area contributed by atoms with E-state index in [0.717, 1.165) is 0 Å². The van der Waals surface area contributed by atoms with Gasteiger partial charge in [0.25, 0.3) is 0 Å². The van der Waals surface area contributed by atoms with E-state index in [1.165, 1.54) is 25.4 Å². The van der Waals surface area contributed by atoms with Crippen LogP contribution in [0.4, 0.5) is 5.69 Å². The van der Waals surface area contributed by atoms with Crippen molar-refractivity contribution in [1.82, 2.24) is 4.98 Å². The zero-order valence-corrected chi connectivity index (χ0v) is 6.35. The summed E-state index contributed by atoms with van der Waals surface area (Å²) in [6.07, 6.45) is 1.42. The molecule has 6 heteroatoms. The van der Waals surface area contributed by atoms with Crippen LogP contribution in [0, 0.1) is 10.1 Å². The molecule has 0 saturated heterocycles. The van der Waals surface area contributed by atoms with Gasteiger partial charge in [-0.05, 0) is 6.07 Å². The Balaban J connectivity index is 2.79. The fourth-order valence-corrected chi connectivity index (χ4v) is 0.696. The Morgan fingerprint density at radius 1 is 1.75 bits per heavy atom. The van der Waals surface area contributed by atoms with E-state index < -0.39 is 5.03 Å². The number of hydrogen-bond donors (Lipinski definition) is 1. The Kier molecular flexibility index (Phi) is 2.42. The molecule has 0 radical (unpaired) electrons. The van der Waals surface area contributed by atoms with Gasteiger partial charge in [-0.25, -0.2) is 15.1 Å². The van der Waals surface area contributed by atoms with Crippen LogP contribution in [-0.2, 0) is 0 Å². The van der Waals surface area contributed by atoms with Gasteiger partial charge < -0.3 is 4.74 Å². The second-order valence-corrected chi connectivity index (χ2v) is 1.96. The second kappa shape index (κ2) is 3.51. The first-order valence-corrected chi connectivity index (χ1v) is 3.13. The lowest BCUT2D eigenvalue weighted by Gasteiger charge is -1.99. The van der Waals surface area contributed by atoms with Gasteiger partial charge in [0, 0.05) is 12.3 Å². The van der Waals surface area contributed by atoms with Crippen LogP contribution in [0.2, 0.25) is 0 Å². The Labute approximate surface area is 68.3 Å². The van der Waals surface area contributed by atoms with Crippen molar-refractivity contribution < 1.29 is 9.77 Å². The average molecular weight is 169 g/mol. The molecule has 0 amide bonds. The number of nitro groups is 1. The molecule has 12 heavy (non-hydrogen) atoms. The van der Waals surface area contributed by atoms with Crippen LogP contribution in [0.15, 0.2) is 18.3 Å². The van der Waals surface area contributed by atoms with E-state index >= 15 is 0 Å². The fraction of sp³-hybridized carbons (Fsp3) is 0.167. The van der Waals surface area contributed by atoms with Crippen LogP contribution in [0.1, 0.15) is 0 Å². The van der Waals surface area contributed by atoms with E-state index in [4.69, 9.17) is 4.74 Å². The van der Waals surface area contributed by atoms with E-state index in [1.54, 1.807) is 0 Å². The summed E-state index contributed by atoms with van der Waals surface area (Å²) in [5.74, 6) is 0.335. The number of aromatic nitrogens is 1. The number of ether oxygens (including phenoxy) is 1. The number of nitrogens with one attached hydrogen (secondary N) is 1. The molecule has 1 N–H and O–H groups in total. The zero-order valence-electron chi connectivity index (χ0n) is 6.35. The third-order valence-corrected chi connectivity index (χ3v) is 1.16. The Hall–Kier alpha value is -1.85. The van der Waals surface area contributed by atoms with E-state index in [9.17, 15) is 10.1 Å². The van der Waals surface area contributed by atoms with Crippen molar-refractivity contribution in [2.45, 2.75) is 0 Å². The monoisotopic (exact) mass is 169 g/mol. The van der Waals surface area contributed by atoms with Crippen LogP contribution in [-0.4, -0.2) is 17.1 Å². The SMILES string of the molecule is COc1cc(N[N+](=O)[O-])ccn1. The standard InChI is InChI=1S/C6H7N3O3/c1-12-6-4-5(2-3-7-6)8-9(10)11/h2-4H,1H3,(H,7,8). The van der Waals surface area contributed by atoms with Gasteiger partial charge in [-0.2, -0.15) is 0 Å². The van der Waals surface area contributed by atoms with E-state index in [-0.39, 0.29) is 0 Å². The number of nitrogens with zero attached hydrogens (tertiary/aromatic N) is 2. The van der Waals surface area contributed by atoms with Gasteiger partial charge in [0.05, 0.1) is 7.11 Å². The lowest BCUT2D eigenvalue weighted by molar-refractivity contribution is -0.445. The molecule has 0 aliphatic heterocycles. The summed E-state index contributed by atoms with van der Waals surface area (Å²) in [7, 11) is 1.44. The van der Waals surface area contributed by atoms with Gasteiger partial charge in [0.1, 0.15) is 5.69 Å². The number of hydrazine groups is 1. The number of anilines is 1. The number of hydrogen-bond acceptors (Lipinski definition) is 4. The predicted octanol–water partition coefficient (Wildman–Crippen LogP) is 0.694. The highest BCUT2D eigenvalue weighted by Crippen LogP contribution is 2.12. The molecular formula is C6H7N3O3. The number of methoxy groups -OCH3 is 1. The maximum atomic E-state index is 10.0. The maximum Gasteiger partial charge on any atom is 0.215 e. The van der Waals surface area contributed by atoms with Crippen molar-refractivity contribution in [2.75, 3.05) is 12.5 Å². The van der Waals surface area contributed by atoms with Crippen molar-refractivity contribution in [1.29, 1.82) is 0 Å². The first kappa shape index (κ1) is 8.25. The molecule has 0 aromatic carbocycles. The van der Waals surface area contributed by atoms with E-state index in [1.807, 2.05) is 5.43 Å². The molecule has 0 spiro atoms. The molecule has 1 heterocycles. The molecule has 0 aliphatic carbocycles. The molecular weight excluding hydrogens is 162 g/mol. The Morgan fingerprint density at radius 3 is 3.08 bits per heavy atom.